The fourth-order valence-corrected chi connectivity index (χ4v) is 3.49. The van der Waals surface area contributed by atoms with Crippen molar-refractivity contribution in [3.63, 3.8) is 0 Å². The normalized spacial score (nSPS) is 25.0. The van der Waals surface area contributed by atoms with E-state index >= 15 is 0 Å². The van der Waals surface area contributed by atoms with Gasteiger partial charge in [-0.1, -0.05) is 23.2 Å². The molecule has 114 valence electrons. The standard InChI is InChI=1S/C16H19Cl2NO2/c17-12-6-11-5-10(9-21-16(11)15(18)7-12)8-19-13-1-3-14(20)4-2-13/h5-7,13-14,19-20H,1-4,8-9H2. The summed E-state index contributed by atoms with van der Waals surface area (Å²) in [7, 11) is 0. The summed E-state index contributed by atoms with van der Waals surface area (Å²) >= 11 is 12.2. The van der Waals surface area contributed by atoms with Crippen LogP contribution >= 0.6 is 23.2 Å². The second-order valence-electron chi connectivity index (χ2n) is 5.78. The lowest BCUT2D eigenvalue weighted by atomic mass is 9.93. The van der Waals surface area contributed by atoms with Gasteiger partial charge < -0.3 is 15.2 Å². The van der Waals surface area contributed by atoms with Crippen molar-refractivity contribution in [2.75, 3.05) is 13.2 Å². The summed E-state index contributed by atoms with van der Waals surface area (Å²) in [6.45, 7) is 1.35. The van der Waals surface area contributed by atoms with Crippen molar-refractivity contribution in [1.29, 1.82) is 0 Å². The molecule has 21 heavy (non-hydrogen) atoms. The molecule has 0 atom stereocenters. The van der Waals surface area contributed by atoms with Crippen LogP contribution in [-0.4, -0.2) is 30.4 Å². The molecule has 1 aromatic carbocycles. The van der Waals surface area contributed by atoms with E-state index in [1.807, 2.05) is 6.07 Å². The van der Waals surface area contributed by atoms with Gasteiger partial charge in [0.05, 0.1) is 11.1 Å². The fraction of sp³-hybridized carbons (Fsp3) is 0.500. The molecular formula is C16H19Cl2NO2. The van der Waals surface area contributed by atoms with E-state index in [2.05, 4.69) is 11.4 Å². The van der Waals surface area contributed by atoms with Gasteiger partial charge in [0.25, 0.3) is 0 Å². The van der Waals surface area contributed by atoms with Crippen LogP contribution in [0.1, 0.15) is 31.2 Å². The molecule has 0 aromatic heterocycles. The average molecular weight is 328 g/mol. The van der Waals surface area contributed by atoms with Gasteiger partial charge in [0.15, 0.2) is 0 Å². The van der Waals surface area contributed by atoms with E-state index < -0.39 is 0 Å². The number of hydrogen-bond acceptors (Lipinski definition) is 3. The van der Waals surface area contributed by atoms with Crippen LogP contribution in [0.2, 0.25) is 10.0 Å². The first kappa shape index (κ1) is 15.2. The number of aliphatic hydroxyl groups is 1. The quantitative estimate of drug-likeness (QED) is 0.890. The third-order valence-corrected chi connectivity index (χ3v) is 4.61. The van der Waals surface area contributed by atoms with Crippen LogP contribution in [0, 0.1) is 0 Å². The van der Waals surface area contributed by atoms with Crippen molar-refractivity contribution < 1.29 is 9.84 Å². The number of aliphatic hydroxyl groups excluding tert-OH is 1. The van der Waals surface area contributed by atoms with Gasteiger partial charge in [-0.3, -0.25) is 0 Å². The molecule has 3 nitrogen and oxygen atoms in total. The summed E-state index contributed by atoms with van der Waals surface area (Å²) in [4.78, 5) is 0. The Bertz CT molecular complexity index is 551. The van der Waals surface area contributed by atoms with Gasteiger partial charge in [-0.25, -0.2) is 0 Å². The van der Waals surface area contributed by atoms with Crippen molar-refractivity contribution in [3.8, 4) is 5.75 Å². The van der Waals surface area contributed by atoms with Gasteiger partial charge in [0, 0.05) is 23.2 Å². The first-order chi connectivity index (χ1) is 10.1. The monoisotopic (exact) mass is 327 g/mol. The van der Waals surface area contributed by atoms with Gasteiger partial charge in [-0.05, 0) is 49.5 Å². The van der Waals surface area contributed by atoms with Crippen LogP contribution in [0.5, 0.6) is 5.75 Å². The summed E-state index contributed by atoms with van der Waals surface area (Å²) in [5, 5.41) is 14.2. The molecule has 0 bridgehead atoms. The Morgan fingerprint density at radius 3 is 2.71 bits per heavy atom. The van der Waals surface area contributed by atoms with E-state index in [9.17, 15) is 5.11 Å². The number of halogens is 2. The molecule has 0 spiro atoms. The lowest BCUT2D eigenvalue weighted by Crippen LogP contribution is -2.36. The highest BCUT2D eigenvalue weighted by atomic mass is 35.5. The topological polar surface area (TPSA) is 41.5 Å². The Hall–Kier alpha value is -0.740. The average Bonchev–Trinajstić information content (AvgIpc) is 2.46. The lowest BCUT2D eigenvalue weighted by molar-refractivity contribution is 0.117. The zero-order valence-electron chi connectivity index (χ0n) is 11.7. The summed E-state index contributed by atoms with van der Waals surface area (Å²) < 4.78 is 5.74. The molecule has 0 saturated heterocycles. The van der Waals surface area contributed by atoms with E-state index in [1.165, 1.54) is 5.57 Å². The Morgan fingerprint density at radius 1 is 1.19 bits per heavy atom. The minimum Gasteiger partial charge on any atom is -0.487 e. The Balaban J connectivity index is 1.63. The molecule has 1 aliphatic heterocycles. The molecule has 1 aliphatic carbocycles. The predicted octanol–water partition coefficient (Wildman–Crippen LogP) is 3.66. The second-order valence-corrected chi connectivity index (χ2v) is 6.63. The first-order valence-electron chi connectivity index (χ1n) is 7.34. The van der Waals surface area contributed by atoms with Crippen LogP contribution in [0.15, 0.2) is 17.7 Å². The summed E-state index contributed by atoms with van der Waals surface area (Å²) in [6, 6.07) is 4.06. The van der Waals surface area contributed by atoms with E-state index in [-0.39, 0.29) is 6.10 Å². The summed E-state index contributed by atoms with van der Waals surface area (Å²) in [5.41, 5.74) is 2.13. The molecule has 0 amide bonds. The number of rotatable bonds is 3. The maximum atomic E-state index is 9.52. The largest absolute Gasteiger partial charge is 0.487 e. The van der Waals surface area contributed by atoms with Crippen LogP contribution in [0.3, 0.4) is 0 Å². The lowest BCUT2D eigenvalue weighted by Gasteiger charge is -2.27. The zero-order valence-corrected chi connectivity index (χ0v) is 13.3. The fourth-order valence-electron chi connectivity index (χ4n) is 2.92. The Kier molecular flexibility index (Phi) is 4.75. The molecule has 1 saturated carbocycles. The molecule has 1 aromatic rings. The molecule has 0 unspecified atom stereocenters. The Morgan fingerprint density at radius 2 is 1.95 bits per heavy atom. The van der Waals surface area contributed by atoms with E-state index in [1.54, 1.807) is 6.07 Å². The zero-order chi connectivity index (χ0) is 14.8. The smallest absolute Gasteiger partial charge is 0.145 e. The molecule has 5 heteroatoms. The molecule has 1 heterocycles. The van der Waals surface area contributed by atoms with E-state index in [0.29, 0.717) is 28.4 Å². The third-order valence-electron chi connectivity index (χ3n) is 4.11. The molecule has 2 aliphatic rings. The molecule has 0 radical (unpaired) electrons. The summed E-state index contributed by atoms with van der Waals surface area (Å²) in [6.07, 6.45) is 5.83. The van der Waals surface area contributed by atoms with Crippen LogP contribution < -0.4 is 10.1 Å². The van der Waals surface area contributed by atoms with Crippen molar-refractivity contribution in [2.45, 2.75) is 37.8 Å². The third kappa shape index (κ3) is 3.72. The van der Waals surface area contributed by atoms with Crippen LogP contribution in [0.4, 0.5) is 0 Å². The van der Waals surface area contributed by atoms with E-state index in [4.69, 9.17) is 27.9 Å². The van der Waals surface area contributed by atoms with Crippen LogP contribution in [-0.2, 0) is 0 Å². The van der Waals surface area contributed by atoms with Crippen molar-refractivity contribution in [3.05, 3.63) is 33.3 Å². The van der Waals surface area contributed by atoms with Gasteiger partial charge >= 0.3 is 0 Å². The summed E-state index contributed by atoms with van der Waals surface area (Å²) in [5.74, 6) is 0.714. The number of benzene rings is 1. The molecule has 1 fully saturated rings. The maximum Gasteiger partial charge on any atom is 0.145 e. The molecular weight excluding hydrogens is 309 g/mol. The highest BCUT2D eigenvalue weighted by molar-refractivity contribution is 6.36. The highest BCUT2D eigenvalue weighted by Crippen LogP contribution is 2.36. The highest BCUT2D eigenvalue weighted by Gasteiger charge is 2.20. The Labute approximate surface area is 134 Å². The van der Waals surface area contributed by atoms with Crippen molar-refractivity contribution >= 4 is 29.3 Å². The van der Waals surface area contributed by atoms with Gasteiger partial charge in [-0.15, -0.1) is 0 Å². The number of nitrogens with one attached hydrogen (secondary N) is 1. The van der Waals surface area contributed by atoms with Crippen LogP contribution in [0.25, 0.3) is 6.08 Å². The maximum absolute atomic E-state index is 9.52. The minimum atomic E-state index is -0.114. The SMILES string of the molecule is OC1CCC(NCC2=Cc3cc(Cl)cc(Cl)c3OC2)CC1. The predicted molar refractivity (Wildman–Crippen MR) is 86.2 cm³/mol. The number of ether oxygens (including phenoxy) is 1. The van der Waals surface area contributed by atoms with E-state index in [0.717, 1.165) is 37.8 Å². The van der Waals surface area contributed by atoms with Gasteiger partial charge in [-0.2, -0.15) is 0 Å². The van der Waals surface area contributed by atoms with Crippen molar-refractivity contribution in [2.24, 2.45) is 0 Å². The number of fused-ring (bicyclic) bond motifs is 1. The number of hydrogen-bond donors (Lipinski definition) is 2. The van der Waals surface area contributed by atoms with Gasteiger partial charge in [0.2, 0.25) is 0 Å². The molecule has 3 rings (SSSR count). The van der Waals surface area contributed by atoms with Gasteiger partial charge in [0.1, 0.15) is 12.4 Å². The van der Waals surface area contributed by atoms with Crippen molar-refractivity contribution in [1.82, 2.24) is 5.32 Å². The first-order valence-corrected chi connectivity index (χ1v) is 8.10. The second kappa shape index (κ2) is 6.57. The minimum absolute atomic E-state index is 0.114. The molecule has 2 N–H and O–H groups in total.